The highest BCUT2D eigenvalue weighted by Crippen LogP contribution is 2.33. The van der Waals surface area contributed by atoms with Gasteiger partial charge >= 0.3 is 0 Å². The zero-order valence-electron chi connectivity index (χ0n) is 12.4. The molecule has 1 saturated heterocycles. The van der Waals surface area contributed by atoms with Crippen LogP contribution in [0.15, 0.2) is 16.6 Å². The van der Waals surface area contributed by atoms with Crippen molar-refractivity contribution in [2.24, 2.45) is 0 Å². The second-order valence-corrected chi connectivity index (χ2v) is 6.14. The Morgan fingerprint density at radius 2 is 2.00 bits per heavy atom. The third kappa shape index (κ3) is 3.87. The molecule has 1 heterocycles. The van der Waals surface area contributed by atoms with Gasteiger partial charge in [0.2, 0.25) is 0 Å². The summed E-state index contributed by atoms with van der Waals surface area (Å²) < 4.78 is 11.7. The lowest BCUT2D eigenvalue weighted by Gasteiger charge is -2.30. The van der Waals surface area contributed by atoms with Gasteiger partial charge in [-0.3, -0.25) is 0 Å². The third-order valence-corrected chi connectivity index (χ3v) is 4.50. The molecule has 0 aromatic heterocycles. The average Bonchev–Trinajstić information content (AvgIpc) is 2.45. The topological polar surface area (TPSA) is 33.7 Å². The maximum atomic E-state index is 5.36. The molecular weight excluding hydrogens is 320 g/mol. The molecular formula is C15H23BrN2O2. The van der Waals surface area contributed by atoms with Crippen molar-refractivity contribution < 1.29 is 9.47 Å². The van der Waals surface area contributed by atoms with Crippen LogP contribution in [0.2, 0.25) is 0 Å². The first-order valence-electron chi connectivity index (χ1n) is 6.96. The summed E-state index contributed by atoms with van der Waals surface area (Å²) in [6.07, 6.45) is 2.51. The Labute approximate surface area is 129 Å². The first kappa shape index (κ1) is 15.6. The molecule has 4 nitrogen and oxygen atoms in total. The number of likely N-dealkylation sites (tertiary alicyclic amines) is 1. The van der Waals surface area contributed by atoms with E-state index in [4.69, 9.17) is 9.47 Å². The number of methoxy groups -OCH3 is 2. The largest absolute Gasteiger partial charge is 0.493 e. The Morgan fingerprint density at radius 3 is 2.65 bits per heavy atom. The van der Waals surface area contributed by atoms with Gasteiger partial charge in [-0.2, -0.15) is 0 Å². The number of nitrogens with one attached hydrogen (secondary N) is 1. The zero-order valence-corrected chi connectivity index (χ0v) is 14.0. The molecule has 5 heteroatoms. The van der Waals surface area contributed by atoms with Gasteiger partial charge < -0.3 is 19.7 Å². The highest BCUT2D eigenvalue weighted by molar-refractivity contribution is 9.10. The molecule has 1 atom stereocenters. The standard InChI is InChI=1S/C15H23BrN2O2/c1-18-6-4-5-12(10-18)17-9-11-7-14(19-2)15(20-3)8-13(11)16/h7-8,12,17H,4-6,9-10H2,1-3H3. The van der Waals surface area contributed by atoms with Crippen molar-refractivity contribution in [3.05, 3.63) is 22.2 Å². The number of hydrogen-bond donors (Lipinski definition) is 1. The molecule has 20 heavy (non-hydrogen) atoms. The zero-order chi connectivity index (χ0) is 14.5. The fraction of sp³-hybridized carbons (Fsp3) is 0.600. The smallest absolute Gasteiger partial charge is 0.161 e. The molecule has 0 spiro atoms. The molecule has 1 aromatic carbocycles. The van der Waals surface area contributed by atoms with E-state index in [0.717, 1.165) is 29.1 Å². The average molecular weight is 343 g/mol. The Hall–Kier alpha value is -0.780. The van der Waals surface area contributed by atoms with Crippen LogP contribution in [0.5, 0.6) is 11.5 Å². The minimum atomic E-state index is 0.564. The third-order valence-electron chi connectivity index (χ3n) is 3.76. The van der Waals surface area contributed by atoms with Crippen LogP contribution in [-0.2, 0) is 6.54 Å². The van der Waals surface area contributed by atoms with Crippen molar-refractivity contribution in [2.75, 3.05) is 34.4 Å². The second kappa shape index (κ2) is 7.29. The molecule has 0 bridgehead atoms. The first-order valence-corrected chi connectivity index (χ1v) is 7.75. The summed E-state index contributed by atoms with van der Waals surface area (Å²) >= 11 is 3.60. The van der Waals surface area contributed by atoms with Crippen LogP contribution in [-0.4, -0.2) is 45.3 Å². The van der Waals surface area contributed by atoms with E-state index in [1.807, 2.05) is 12.1 Å². The molecule has 1 aromatic rings. The van der Waals surface area contributed by atoms with Gasteiger partial charge in [-0.05, 0) is 44.1 Å². The van der Waals surface area contributed by atoms with Crippen LogP contribution in [0, 0.1) is 0 Å². The molecule has 0 saturated carbocycles. The number of benzene rings is 1. The van der Waals surface area contributed by atoms with Crippen molar-refractivity contribution in [1.82, 2.24) is 10.2 Å². The lowest BCUT2D eigenvalue weighted by molar-refractivity contribution is 0.226. The number of piperidine rings is 1. The van der Waals surface area contributed by atoms with Crippen molar-refractivity contribution in [3.63, 3.8) is 0 Å². The molecule has 1 aliphatic heterocycles. The van der Waals surface area contributed by atoms with E-state index in [2.05, 4.69) is 33.2 Å². The summed E-state index contributed by atoms with van der Waals surface area (Å²) in [6.45, 7) is 3.16. The Morgan fingerprint density at radius 1 is 1.30 bits per heavy atom. The fourth-order valence-electron chi connectivity index (χ4n) is 2.62. The van der Waals surface area contributed by atoms with Gasteiger partial charge in [0.05, 0.1) is 14.2 Å². The van der Waals surface area contributed by atoms with Crippen molar-refractivity contribution in [1.29, 1.82) is 0 Å². The van der Waals surface area contributed by atoms with Crippen LogP contribution in [0.3, 0.4) is 0 Å². The normalized spacial score (nSPS) is 19.9. The SMILES string of the molecule is COc1cc(Br)c(CNC2CCCN(C)C2)cc1OC. The van der Waals surface area contributed by atoms with Gasteiger partial charge in [0.1, 0.15) is 0 Å². The van der Waals surface area contributed by atoms with Gasteiger partial charge in [-0.15, -0.1) is 0 Å². The minimum absolute atomic E-state index is 0.564. The highest BCUT2D eigenvalue weighted by Gasteiger charge is 2.17. The molecule has 0 radical (unpaired) electrons. The van der Waals surface area contributed by atoms with Crippen LogP contribution in [0.25, 0.3) is 0 Å². The molecule has 2 rings (SSSR count). The summed E-state index contributed by atoms with van der Waals surface area (Å²) in [5, 5.41) is 3.63. The fourth-order valence-corrected chi connectivity index (χ4v) is 3.08. The van der Waals surface area contributed by atoms with Gasteiger partial charge in [0.25, 0.3) is 0 Å². The van der Waals surface area contributed by atoms with Crippen molar-refractivity contribution >= 4 is 15.9 Å². The van der Waals surface area contributed by atoms with E-state index in [-0.39, 0.29) is 0 Å². The summed E-state index contributed by atoms with van der Waals surface area (Å²) in [7, 11) is 5.50. The number of halogens is 1. The predicted molar refractivity (Wildman–Crippen MR) is 84.6 cm³/mol. The summed E-state index contributed by atoms with van der Waals surface area (Å²) in [5.74, 6) is 1.52. The molecule has 1 aliphatic rings. The quantitative estimate of drug-likeness (QED) is 0.891. The molecule has 0 aliphatic carbocycles. The maximum Gasteiger partial charge on any atom is 0.161 e. The number of nitrogens with zero attached hydrogens (tertiary/aromatic N) is 1. The minimum Gasteiger partial charge on any atom is -0.493 e. The van der Waals surface area contributed by atoms with Crippen LogP contribution in [0.4, 0.5) is 0 Å². The Bertz CT molecular complexity index is 454. The van der Waals surface area contributed by atoms with E-state index in [9.17, 15) is 0 Å². The summed E-state index contributed by atoms with van der Waals surface area (Å²) in [6, 6.07) is 4.56. The molecule has 112 valence electrons. The summed E-state index contributed by atoms with van der Waals surface area (Å²) in [4.78, 5) is 2.38. The predicted octanol–water partition coefficient (Wildman–Crippen LogP) is 2.65. The first-order chi connectivity index (χ1) is 9.63. The van der Waals surface area contributed by atoms with E-state index >= 15 is 0 Å². The second-order valence-electron chi connectivity index (χ2n) is 5.28. The molecule has 1 N–H and O–H groups in total. The highest BCUT2D eigenvalue weighted by atomic mass is 79.9. The lowest BCUT2D eigenvalue weighted by Crippen LogP contribution is -2.43. The molecule has 1 unspecified atom stereocenters. The number of hydrogen-bond acceptors (Lipinski definition) is 4. The van der Waals surface area contributed by atoms with Gasteiger partial charge in [0, 0.05) is 23.6 Å². The lowest BCUT2D eigenvalue weighted by atomic mass is 10.1. The van der Waals surface area contributed by atoms with E-state index in [0.29, 0.717) is 6.04 Å². The van der Waals surface area contributed by atoms with Gasteiger partial charge in [0.15, 0.2) is 11.5 Å². The molecule has 1 fully saturated rings. The van der Waals surface area contributed by atoms with Crippen LogP contribution in [0.1, 0.15) is 18.4 Å². The summed E-state index contributed by atoms with van der Waals surface area (Å²) in [5.41, 5.74) is 1.19. The Balaban J connectivity index is 2.01. The molecule has 0 amide bonds. The maximum absolute atomic E-state index is 5.36. The van der Waals surface area contributed by atoms with Crippen molar-refractivity contribution in [3.8, 4) is 11.5 Å². The van der Waals surface area contributed by atoms with Gasteiger partial charge in [-0.25, -0.2) is 0 Å². The van der Waals surface area contributed by atoms with Gasteiger partial charge in [-0.1, -0.05) is 15.9 Å². The number of likely N-dealkylation sites (N-methyl/N-ethyl adjacent to an activating group) is 1. The number of ether oxygens (including phenoxy) is 2. The number of rotatable bonds is 5. The van der Waals surface area contributed by atoms with E-state index in [1.165, 1.54) is 24.9 Å². The van der Waals surface area contributed by atoms with E-state index < -0.39 is 0 Å². The van der Waals surface area contributed by atoms with Crippen LogP contribution < -0.4 is 14.8 Å². The Kier molecular flexibility index (Phi) is 5.69. The monoisotopic (exact) mass is 342 g/mol. The van der Waals surface area contributed by atoms with Crippen molar-refractivity contribution in [2.45, 2.75) is 25.4 Å². The van der Waals surface area contributed by atoms with Crippen LogP contribution >= 0.6 is 15.9 Å². The van der Waals surface area contributed by atoms with E-state index in [1.54, 1.807) is 14.2 Å².